The third-order valence-corrected chi connectivity index (χ3v) is 1.57. The van der Waals surface area contributed by atoms with Crippen LogP contribution in [-0.2, 0) is 0 Å². The Morgan fingerprint density at radius 1 is 1.36 bits per heavy atom. The van der Waals surface area contributed by atoms with E-state index in [1.807, 2.05) is 0 Å². The number of nitrogens with one attached hydrogen (secondary N) is 1. The van der Waals surface area contributed by atoms with Gasteiger partial charge in [0.15, 0.2) is 0 Å². The van der Waals surface area contributed by atoms with Gasteiger partial charge in [0.1, 0.15) is 5.75 Å². The molecule has 0 aliphatic heterocycles. The summed E-state index contributed by atoms with van der Waals surface area (Å²) in [5.41, 5.74) is 0.192. The van der Waals surface area contributed by atoms with E-state index in [1.54, 1.807) is 23.5 Å². The molecule has 74 valence electrons. The van der Waals surface area contributed by atoms with Gasteiger partial charge in [0.2, 0.25) is 0 Å². The second-order valence-corrected chi connectivity index (χ2v) is 2.46. The van der Waals surface area contributed by atoms with Crippen LogP contribution in [0.25, 0.3) is 0 Å². The van der Waals surface area contributed by atoms with Crippen molar-refractivity contribution in [2.24, 2.45) is 0 Å². The fraction of sp³-hybridized carbons (Fsp3) is 0.111. The number of hydrogen-bond donors (Lipinski definition) is 2. The van der Waals surface area contributed by atoms with Gasteiger partial charge in [-0.3, -0.25) is 10.1 Å². The van der Waals surface area contributed by atoms with Gasteiger partial charge in [-0.05, 0) is 12.1 Å². The fourth-order valence-electron chi connectivity index (χ4n) is 0.997. The van der Waals surface area contributed by atoms with Crippen LogP contribution >= 0.6 is 0 Å². The van der Waals surface area contributed by atoms with Crippen molar-refractivity contribution in [3.63, 3.8) is 0 Å². The van der Waals surface area contributed by atoms with E-state index >= 15 is 0 Å². The largest absolute Gasteiger partial charge is 0.496 e. The first-order valence-corrected chi connectivity index (χ1v) is 3.82. The third-order valence-electron chi connectivity index (χ3n) is 1.57. The van der Waals surface area contributed by atoms with E-state index in [9.17, 15) is 9.59 Å². The second-order valence-electron chi connectivity index (χ2n) is 2.46. The van der Waals surface area contributed by atoms with Crippen LogP contribution in [0.15, 0.2) is 24.3 Å². The van der Waals surface area contributed by atoms with Crippen molar-refractivity contribution in [3.05, 3.63) is 29.8 Å². The number of benzene rings is 1. The van der Waals surface area contributed by atoms with Gasteiger partial charge in [-0.2, -0.15) is 0 Å². The summed E-state index contributed by atoms with van der Waals surface area (Å²) in [5, 5.41) is 10.1. The van der Waals surface area contributed by atoms with Gasteiger partial charge < -0.3 is 9.84 Å². The maximum Gasteiger partial charge on any atom is 0.411 e. The Morgan fingerprint density at radius 3 is 2.57 bits per heavy atom. The van der Waals surface area contributed by atoms with Crippen molar-refractivity contribution in [2.45, 2.75) is 0 Å². The molecule has 1 aromatic carbocycles. The number of hydrogen-bond acceptors (Lipinski definition) is 3. The Morgan fingerprint density at radius 2 is 2.00 bits per heavy atom. The molecule has 0 aliphatic rings. The summed E-state index contributed by atoms with van der Waals surface area (Å²) in [6.07, 6.45) is -1.39. The van der Waals surface area contributed by atoms with Crippen LogP contribution in [0.4, 0.5) is 4.79 Å². The molecule has 0 bridgehead atoms. The summed E-state index contributed by atoms with van der Waals surface area (Å²) in [6, 6.07) is 6.38. The molecule has 0 aromatic heterocycles. The summed E-state index contributed by atoms with van der Waals surface area (Å²) in [7, 11) is 1.41. The Kier molecular flexibility index (Phi) is 3.06. The van der Waals surface area contributed by atoms with Crippen molar-refractivity contribution < 1.29 is 19.4 Å². The SMILES string of the molecule is COc1ccccc1C(=O)NC(=O)O. The molecule has 0 fully saturated rings. The molecule has 0 unspecified atom stereocenters. The summed E-state index contributed by atoms with van der Waals surface area (Å²) < 4.78 is 4.89. The molecule has 0 heterocycles. The number of carbonyl (C=O) groups excluding carboxylic acids is 1. The number of methoxy groups -OCH3 is 1. The van der Waals surface area contributed by atoms with Crippen LogP contribution < -0.4 is 10.1 Å². The van der Waals surface area contributed by atoms with Gasteiger partial charge in [-0.25, -0.2) is 4.79 Å². The number of amides is 2. The third kappa shape index (κ3) is 2.22. The highest BCUT2D eigenvalue weighted by Gasteiger charge is 2.12. The molecular formula is C9H9NO4. The van der Waals surface area contributed by atoms with Gasteiger partial charge in [-0.15, -0.1) is 0 Å². The lowest BCUT2D eigenvalue weighted by atomic mass is 10.2. The van der Waals surface area contributed by atoms with Crippen LogP contribution in [0, 0.1) is 0 Å². The average Bonchev–Trinajstić information content (AvgIpc) is 2.16. The van der Waals surface area contributed by atoms with Crippen molar-refractivity contribution in [2.75, 3.05) is 7.11 Å². The Bertz CT molecular complexity index is 362. The van der Waals surface area contributed by atoms with Crippen LogP contribution in [0.5, 0.6) is 5.75 Å². The molecule has 0 aliphatic carbocycles. The first-order valence-electron chi connectivity index (χ1n) is 3.82. The number of rotatable bonds is 2. The normalized spacial score (nSPS) is 9.21. The smallest absolute Gasteiger partial charge is 0.411 e. The van der Waals surface area contributed by atoms with Crippen LogP contribution in [0.3, 0.4) is 0 Å². The van der Waals surface area contributed by atoms with Gasteiger partial charge in [0, 0.05) is 0 Å². The van der Waals surface area contributed by atoms with Crippen molar-refractivity contribution >= 4 is 12.0 Å². The number of ether oxygens (including phenoxy) is 1. The van der Waals surface area contributed by atoms with Crippen LogP contribution in [-0.4, -0.2) is 24.2 Å². The number of carboxylic acid groups (broad SMARTS) is 1. The molecule has 1 rings (SSSR count). The van der Waals surface area contributed by atoms with E-state index in [0.29, 0.717) is 5.75 Å². The highest BCUT2D eigenvalue weighted by molar-refractivity contribution is 6.04. The van der Waals surface area contributed by atoms with Crippen LogP contribution in [0.1, 0.15) is 10.4 Å². The molecule has 5 nitrogen and oxygen atoms in total. The predicted octanol–water partition coefficient (Wildman–Crippen LogP) is 1.10. The van der Waals surface area contributed by atoms with E-state index in [-0.39, 0.29) is 5.56 Å². The molecule has 0 saturated carbocycles. The van der Waals surface area contributed by atoms with Crippen molar-refractivity contribution in [1.29, 1.82) is 0 Å². The minimum Gasteiger partial charge on any atom is -0.496 e. The molecular weight excluding hydrogens is 186 g/mol. The molecule has 1 aromatic rings. The van der Waals surface area contributed by atoms with Crippen LogP contribution in [0.2, 0.25) is 0 Å². The highest BCUT2D eigenvalue weighted by atomic mass is 16.5. The average molecular weight is 195 g/mol. The van der Waals surface area contributed by atoms with E-state index in [1.165, 1.54) is 13.2 Å². The van der Waals surface area contributed by atoms with Gasteiger partial charge >= 0.3 is 6.09 Å². The molecule has 0 atom stereocenters. The zero-order valence-corrected chi connectivity index (χ0v) is 7.48. The summed E-state index contributed by atoms with van der Waals surface area (Å²) in [4.78, 5) is 21.5. The maximum atomic E-state index is 11.3. The van der Waals surface area contributed by atoms with E-state index in [0.717, 1.165) is 0 Å². The lowest BCUT2D eigenvalue weighted by molar-refractivity contribution is 0.0945. The number of carbonyl (C=O) groups is 2. The Balaban J connectivity index is 2.94. The minimum atomic E-state index is -1.39. The summed E-state index contributed by atoms with van der Waals surface area (Å²) in [5.74, 6) is -0.360. The Labute approximate surface area is 80.3 Å². The monoisotopic (exact) mass is 195 g/mol. The first-order chi connectivity index (χ1) is 6.65. The topological polar surface area (TPSA) is 75.6 Å². The molecule has 0 saturated heterocycles. The number of imide groups is 1. The van der Waals surface area contributed by atoms with Crippen molar-refractivity contribution in [3.8, 4) is 5.75 Å². The quantitative estimate of drug-likeness (QED) is 0.740. The predicted molar refractivity (Wildman–Crippen MR) is 48.5 cm³/mol. The van der Waals surface area contributed by atoms with Crippen molar-refractivity contribution in [1.82, 2.24) is 5.32 Å². The standard InChI is InChI=1S/C9H9NO4/c1-14-7-5-3-2-4-6(7)8(11)10-9(12)13/h2-5H,1H3,(H,10,11)(H,12,13). The molecule has 0 radical (unpaired) electrons. The first kappa shape index (κ1) is 10.0. The van der Waals surface area contributed by atoms with E-state index in [4.69, 9.17) is 9.84 Å². The van der Waals surface area contributed by atoms with E-state index < -0.39 is 12.0 Å². The molecule has 14 heavy (non-hydrogen) atoms. The second kappa shape index (κ2) is 4.27. The highest BCUT2D eigenvalue weighted by Crippen LogP contribution is 2.16. The minimum absolute atomic E-state index is 0.192. The molecule has 2 N–H and O–H groups in total. The van der Waals surface area contributed by atoms with E-state index in [2.05, 4.69) is 0 Å². The van der Waals surface area contributed by atoms with Gasteiger partial charge in [0.25, 0.3) is 5.91 Å². The maximum absolute atomic E-state index is 11.3. The lowest BCUT2D eigenvalue weighted by Gasteiger charge is -2.05. The fourth-order valence-corrected chi connectivity index (χ4v) is 0.997. The lowest BCUT2D eigenvalue weighted by Crippen LogP contribution is -2.28. The molecule has 2 amide bonds. The Hall–Kier alpha value is -2.04. The molecule has 5 heteroatoms. The zero-order valence-electron chi connectivity index (χ0n) is 7.48. The van der Waals surface area contributed by atoms with Gasteiger partial charge in [0.05, 0.1) is 12.7 Å². The van der Waals surface area contributed by atoms with Gasteiger partial charge in [-0.1, -0.05) is 12.1 Å². The summed E-state index contributed by atoms with van der Waals surface area (Å²) in [6.45, 7) is 0. The summed E-state index contributed by atoms with van der Waals surface area (Å²) >= 11 is 0. The molecule has 0 spiro atoms. The number of para-hydroxylation sites is 1. The zero-order chi connectivity index (χ0) is 10.6.